The first kappa shape index (κ1) is 5.56. The van der Waals surface area contributed by atoms with Crippen LogP contribution in [0.1, 0.15) is 12.8 Å². The van der Waals surface area contributed by atoms with Gasteiger partial charge in [0.15, 0.2) is 0 Å². The van der Waals surface area contributed by atoms with E-state index < -0.39 is 0 Å². The molecule has 3 heteroatoms. The van der Waals surface area contributed by atoms with Crippen molar-refractivity contribution in [3.63, 3.8) is 0 Å². The molecule has 0 spiro atoms. The highest BCUT2D eigenvalue weighted by Crippen LogP contribution is 2.05. The quantitative estimate of drug-likeness (QED) is 0.457. The van der Waals surface area contributed by atoms with E-state index in [0.29, 0.717) is 13.0 Å². The molecule has 0 unspecified atom stereocenters. The second-order valence-electron chi connectivity index (χ2n) is 1.80. The van der Waals surface area contributed by atoms with Gasteiger partial charge in [-0.15, -0.1) is 0 Å². The van der Waals surface area contributed by atoms with Crippen molar-refractivity contribution in [2.45, 2.75) is 12.8 Å². The van der Waals surface area contributed by atoms with Crippen molar-refractivity contribution in [2.24, 2.45) is 0 Å². The Bertz CT molecular complexity index is 103. The molecule has 1 radical (unpaired) electrons. The van der Waals surface area contributed by atoms with E-state index in [4.69, 9.17) is 5.21 Å². The molecule has 1 amide bonds. The maximum absolute atomic E-state index is 10.4. The van der Waals surface area contributed by atoms with Gasteiger partial charge in [0, 0.05) is 13.0 Å². The minimum atomic E-state index is -0.198. The average molecular weight is 114 g/mol. The lowest BCUT2D eigenvalue weighted by atomic mass is 10.2. The summed E-state index contributed by atoms with van der Waals surface area (Å²) in [5, 5.41) is 9.41. The zero-order valence-electron chi connectivity index (χ0n) is 4.50. The molecule has 0 aromatic heterocycles. The summed E-state index contributed by atoms with van der Waals surface area (Å²) in [5.74, 6) is -0.198. The van der Waals surface area contributed by atoms with Gasteiger partial charge in [0.1, 0.15) is 0 Å². The van der Waals surface area contributed by atoms with E-state index in [2.05, 4.69) is 0 Å². The lowest BCUT2D eigenvalue weighted by molar-refractivity contribution is -0.167. The Morgan fingerprint density at radius 1 is 1.75 bits per heavy atom. The molecule has 0 saturated carbocycles. The van der Waals surface area contributed by atoms with Gasteiger partial charge < -0.3 is 0 Å². The topological polar surface area (TPSA) is 40.5 Å². The second kappa shape index (κ2) is 2.13. The Morgan fingerprint density at radius 3 is 2.88 bits per heavy atom. The number of piperidine rings is 1. The zero-order chi connectivity index (χ0) is 5.98. The fourth-order valence-electron chi connectivity index (χ4n) is 0.669. The van der Waals surface area contributed by atoms with Crippen LogP contribution in [0.2, 0.25) is 0 Å². The Morgan fingerprint density at radius 2 is 2.50 bits per heavy atom. The highest BCUT2D eigenvalue weighted by molar-refractivity contribution is 5.76. The molecule has 0 atom stereocenters. The van der Waals surface area contributed by atoms with Crippen molar-refractivity contribution < 1.29 is 10.0 Å². The standard InChI is InChI=1S/C5H8NO2/c7-5-3-1-2-4-6(5)8/h1,8H,2-4H2. The summed E-state index contributed by atoms with van der Waals surface area (Å²) in [6.07, 6.45) is 3.06. The van der Waals surface area contributed by atoms with Crippen LogP contribution in [-0.2, 0) is 4.79 Å². The molecule has 1 aliphatic heterocycles. The Balaban J connectivity index is 2.39. The van der Waals surface area contributed by atoms with Gasteiger partial charge in [0.2, 0.25) is 5.91 Å². The maximum Gasteiger partial charge on any atom is 0.246 e. The highest BCUT2D eigenvalue weighted by atomic mass is 16.5. The van der Waals surface area contributed by atoms with Gasteiger partial charge in [-0.25, -0.2) is 5.06 Å². The normalized spacial score (nSPS) is 21.6. The van der Waals surface area contributed by atoms with E-state index in [1.54, 1.807) is 0 Å². The summed E-state index contributed by atoms with van der Waals surface area (Å²) in [4.78, 5) is 10.4. The summed E-state index contributed by atoms with van der Waals surface area (Å²) in [6, 6.07) is 0. The van der Waals surface area contributed by atoms with Crippen LogP contribution in [0, 0.1) is 6.42 Å². The maximum atomic E-state index is 10.4. The lowest BCUT2D eigenvalue weighted by Gasteiger charge is -2.18. The summed E-state index contributed by atoms with van der Waals surface area (Å²) < 4.78 is 0. The molecule has 1 heterocycles. The second-order valence-corrected chi connectivity index (χ2v) is 1.80. The van der Waals surface area contributed by atoms with Gasteiger partial charge in [0.25, 0.3) is 0 Å². The Labute approximate surface area is 47.9 Å². The molecule has 0 aromatic carbocycles. The summed E-state index contributed by atoms with van der Waals surface area (Å²) >= 11 is 0. The van der Waals surface area contributed by atoms with Crippen molar-refractivity contribution in [2.75, 3.05) is 6.54 Å². The van der Waals surface area contributed by atoms with Crippen LogP contribution in [0.15, 0.2) is 0 Å². The van der Waals surface area contributed by atoms with E-state index in [-0.39, 0.29) is 5.91 Å². The van der Waals surface area contributed by atoms with E-state index in [0.717, 1.165) is 11.5 Å². The van der Waals surface area contributed by atoms with Crippen molar-refractivity contribution in [1.29, 1.82) is 0 Å². The van der Waals surface area contributed by atoms with E-state index in [9.17, 15) is 4.79 Å². The number of amides is 1. The molecular weight excluding hydrogens is 106 g/mol. The van der Waals surface area contributed by atoms with Crippen LogP contribution >= 0.6 is 0 Å². The number of hydroxylamine groups is 2. The van der Waals surface area contributed by atoms with Crippen LogP contribution in [0.25, 0.3) is 0 Å². The number of hydrogen-bond acceptors (Lipinski definition) is 2. The number of hydrogen-bond donors (Lipinski definition) is 1. The van der Waals surface area contributed by atoms with Crippen LogP contribution < -0.4 is 0 Å². The molecule has 1 rings (SSSR count). The monoisotopic (exact) mass is 114 g/mol. The minimum Gasteiger partial charge on any atom is -0.286 e. The third-order valence-electron chi connectivity index (χ3n) is 1.15. The smallest absolute Gasteiger partial charge is 0.246 e. The van der Waals surface area contributed by atoms with Crippen LogP contribution in [-0.4, -0.2) is 22.7 Å². The molecule has 3 nitrogen and oxygen atoms in total. The van der Waals surface area contributed by atoms with Gasteiger partial charge in [-0.3, -0.25) is 10.0 Å². The molecule has 0 aliphatic carbocycles. The van der Waals surface area contributed by atoms with E-state index in [1.807, 2.05) is 6.42 Å². The van der Waals surface area contributed by atoms with Crippen LogP contribution in [0.5, 0.6) is 0 Å². The van der Waals surface area contributed by atoms with Gasteiger partial charge in [0.05, 0.1) is 0 Å². The number of carbonyl (C=O) groups excluding carboxylic acids is 1. The van der Waals surface area contributed by atoms with Gasteiger partial charge in [-0.1, -0.05) is 0 Å². The van der Waals surface area contributed by atoms with Crippen molar-refractivity contribution in [3.05, 3.63) is 6.42 Å². The molecule has 8 heavy (non-hydrogen) atoms. The lowest BCUT2D eigenvalue weighted by Crippen LogP contribution is -2.32. The predicted octanol–water partition coefficient (Wildman–Crippen LogP) is 0.202. The molecule has 1 N–H and O–H groups in total. The first-order valence-corrected chi connectivity index (χ1v) is 2.61. The zero-order valence-corrected chi connectivity index (χ0v) is 4.50. The van der Waals surface area contributed by atoms with E-state index >= 15 is 0 Å². The molecule has 1 aliphatic rings. The SMILES string of the molecule is O=C1C[CH]CCN1O. The van der Waals surface area contributed by atoms with Crippen LogP contribution in [0.4, 0.5) is 0 Å². The van der Waals surface area contributed by atoms with Crippen LogP contribution in [0.3, 0.4) is 0 Å². The minimum absolute atomic E-state index is 0.198. The van der Waals surface area contributed by atoms with Gasteiger partial charge >= 0.3 is 0 Å². The predicted molar refractivity (Wildman–Crippen MR) is 27.0 cm³/mol. The fraction of sp³-hybridized carbons (Fsp3) is 0.600. The van der Waals surface area contributed by atoms with Crippen molar-refractivity contribution >= 4 is 5.91 Å². The molecule has 0 bridgehead atoms. The molecule has 45 valence electrons. The molecule has 0 aromatic rings. The van der Waals surface area contributed by atoms with Crippen molar-refractivity contribution in [3.8, 4) is 0 Å². The first-order valence-electron chi connectivity index (χ1n) is 2.61. The number of carbonyl (C=O) groups is 1. The average Bonchev–Trinajstić information content (AvgIpc) is 1.77. The summed E-state index contributed by atoms with van der Waals surface area (Å²) in [7, 11) is 0. The first-order chi connectivity index (χ1) is 3.80. The molecular formula is C5H8NO2. The van der Waals surface area contributed by atoms with Gasteiger partial charge in [-0.2, -0.15) is 0 Å². The Kier molecular flexibility index (Phi) is 1.48. The molecule has 1 saturated heterocycles. The largest absolute Gasteiger partial charge is 0.286 e. The van der Waals surface area contributed by atoms with Gasteiger partial charge in [-0.05, 0) is 12.8 Å². The van der Waals surface area contributed by atoms with Crippen molar-refractivity contribution in [1.82, 2.24) is 5.06 Å². The third kappa shape index (κ3) is 0.980. The summed E-state index contributed by atoms with van der Waals surface area (Å²) in [6.45, 7) is 0.457. The number of rotatable bonds is 0. The third-order valence-corrected chi connectivity index (χ3v) is 1.15. The fourth-order valence-corrected chi connectivity index (χ4v) is 0.669. The number of nitrogens with zero attached hydrogens (tertiary/aromatic N) is 1. The molecule has 1 fully saturated rings. The highest BCUT2D eigenvalue weighted by Gasteiger charge is 2.14. The summed E-state index contributed by atoms with van der Waals surface area (Å²) in [5.41, 5.74) is 0. The van der Waals surface area contributed by atoms with E-state index in [1.165, 1.54) is 0 Å². The Hall–Kier alpha value is -0.570.